The van der Waals surface area contributed by atoms with E-state index in [2.05, 4.69) is 0 Å². The van der Waals surface area contributed by atoms with E-state index >= 15 is 0 Å². The second-order valence-electron chi connectivity index (χ2n) is 4.09. The lowest BCUT2D eigenvalue weighted by molar-refractivity contribution is 0.246. The molecule has 3 nitrogen and oxygen atoms in total. The number of hydrogen-bond acceptors (Lipinski definition) is 3. The molecule has 1 unspecified atom stereocenters. The lowest BCUT2D eigenvalue weighted by Gasteiger charge is -2.28. The molecule has 0 aromatic heterocycles. The number of halogens is 1. The summed E-state index contributed by atoms with van der Waals surface area (Å²) in [5.74, 6) is -0.190. The Bertz CT molecular complexity index is 357. The van der Waals surface area contributed by atoms with Gasteiger partial charge in [0.15, 0.2) is 11.6 Å². The molecule has 0 amide bonds. The van der Waals surface area contributed by atoms with Crippen molar-refractivity contribution in [3.05, 3.63) is 29.6 Å². The summed E-state index contributed by atoms with van der Waals surface area (Å²) in [7, 11) is 1.42. The van der Waals surface area contributed by atoms with E-state index in [-0.39, 0.29) is 12.4 Å². The third-order valence-corrected chi connectivity index (χ3v) is 2.96. The Balaban J connectivity index is 3.07. The van der Waals surface area contributed by atoms with E-state index in [1.807, 2.05) is 6.92 Å². The highest BCUT2D eigenvalue weighted by molar-refractivity contribution is 5.33. The zero-order chi connectivity index (χ0) is 12.2. The average Bonchev–Trinajstić information content (AvgIpc) is 2.29. The third kappa shape index (κ3) is 2.51. The number of ether oxygens (including phenoxy) is 1. The van der Waals surface area contributed by atoms with Gasteiger partial charge in [-0.15, -0.1) is 0 Å². The van der Waals surface area contributed by atoms with Crippen LogP contribution < -0.4 is 10.5 Å². The third-order valence-electron chi connectivity index (χ3n) is 2.96. The summed E-state index contributed by atoms with van der Waals surface area (Å²) in [4.78, 5) is 0. The van der Waals surface area contributed by atoms with Gasteiger partial charge in [0, 0.05) is 18.6 Å². The predicted octanol–water partition coefficient (Wildman–Crippen LogP) is 1.43. The molecule has 0 spiro atoms. The maximum absolute atomic E-state index is 13.5. The fraction of sp³-hybridized carbons (Fsp3) is 0.500. The van der Waals surface area contributed by atoms with Crippen LogP contribution in [0.1, 0.15) is 18.9 Å². The minimum Gasteiger partial charge on any atom is -0.494 e. The summed E-state index contributed by atoms with van der Waals surface area (Å²) >= 11 is 0. The molecule has 0 aliphatic carbocycles. The van der Waals surface area contributed by atoms with Gasteiger partial charge in [-0.3, -0.25) is 0 Å². The van der Waals surface area contributed by atoms with Gasteiger partial charge >= 0.3 is 0 Å². The Labute approximate surface area is 95.0 Å². The Morgan fingerprint density at radius 3 is 2.62 bits per heavy atom. The number of benzene rings is 1. The summed E-state index contributed by atoms with van der Waals surface area (Å²) in [6, 6.07) is 4.78. The van der Waals surface area contributed by atoms with E-state index in [0.29, 0.717) is 13.0 Å². The number of hydrogen-bond donors (Lipinski definition) is 2. The minimum atomic E-state index is -0.405. The molecule has 0 heterocycles. The first-order chi connectivity index (χ1) is 7.57. The van der Waals surface area contributed by atoms with Gasteiger partial charge in [-0.2, -0.15) is 0 Å². The fourth-order valence-corrected chi connectivity index (χ4v) is 1.65. The maximum atomic E-state index is 13.5. The van der Waals surface area contributed by atoms with Gasteiger partial charge in [-0.25, -0.2) is 4.39 Å². The molecule has 0 bridgehead atoms. The van der Waals surface area contributed by atoms with Crippen LogP contribution in [0.3, 0.4) is 0 Å². The highest BCUT2D eigenvalue weighted by Crippen LogP contribution is 2.29. The zero-order valence-corrected chi connectivity index (χ0v) is 9.66. The lowest BCUT2D eigenvalue weighted by Crippen LogP contribution is -2.33. The van der Waals surface area contributed by atoms with Gasteiger partial charge in [0.1, 0.15) is 0 Å². The van der Waals surface area contributed by atoms with Crippen LogP contribution >= 0.6 is 0 Å². The normalized spacial score (nSPS) is 14.6. The van der Waals surface area contributed by atoms with Crippen molar-refractivity contribution in [2.45, 2.75) is 18.8 Å². The Morgan fingerprint density at radius 2 is 2.19 bits per heavy atom. The van der Waals surface area contributed by atoms with Crippen molar-refractivity contribution in [2.24, 2.45) is 5.73 Å². The van der Waals surface area contributed by atoms with Crippen LogP contribution in [0.5, 0.6) is 5.75 Å². The highest BCUT2D eigenvalue weighted by atomic mass is 19.1. The first-order valence-electron chi connectivity index (χ1n) is 5.22. The van der Waals surface area contributed by atoms with Crippen molar-refractivity contribution in [1.82, 2.24) is 0 Å². The van der Waals surface area contributed by atoms with Gasteiger partial charge in [0.2, 0.25) is 0 Å². The zero-order valence-electron chi connectivity index (χ0n) is 9.66. The molecule has 0 radical (unpaired) electrons. The van der Waals surface area contributed by atoms with E-state index in [1.165, 1.54) is 13.2 Å². The molecule has 0 aliphatic heterocycles. The molecule has 1 atom stereocenters. The van der Waals surface area contributed by atoms with Crippen molar-refractivity contribution < 1.29 is 14.2 Å². The van der Waals surface area contributed by atoms with Crippen LogP contribution in [-0.4, -0.2) is 25.4 Å². The Kier molecular flexibility index (Phi) is 4.26. The van der Waals surface area contributed by atoms with E-state index in [9.17, 15) is 4.39 Å². The average molecular weight is 227 g/mol. The van der Waals surface area contributed by atoms with E-state index < -0.39 is 11.2 Å². The van der Waals surface area contributed by atoms with Crippen molar-refractivity contribution in [2.75, 3.05) is 20.3 Å². The van der Waals surface area contributed by atoms with E-state index in [4.69, 9.17) is 15.6 Å². The molecule has 4 heteroatoms. The van der Waals surface area contributed by atoms with Crippen LogP contribution in [-0.2, 0) is 5.41 Å². The van der Waals surface area contributed by atoms with Crippen LogP contribution in [0, 0.1) is 5.82 Å². The highest BCUT2D eigenvalue weighted by Gasteiger charge is 2.25. The van der Waals surface area contributed by atoms with Gasteiger partial charge in [-0.1, -0.05) is 13.0 Å². The molecule has 1 aromatic carbocycles. The molecule has 0 fully saturated rings. The van der Waals surface area contributed by atoms with Crippen molar-refractivity contribution >= 4 is 0 Å². The Morgan fingerprint density at radius 1 is 1.50 bits per heavy atom. The second-order valence-corrected chi connectivity index (χ2v) is 4.09. The summed E-state index contributed by atoms with van der Waals surface area (Å²) in [6.45, 7) is 2.30. The van der Waals surface area contributed by atoms with Crippen molar-refractivity contribution in [3.8, 4) is 5.75 Å². The molecule has 1 aromatic rings. The summed E-state index contributed by atoms with van der Waals surface area (Å²) < 4.78 is 18.4. The molecule has 16 heavy (non-hydrogen) atoms. The SMILES string of the molecule is COc1ccc(C(C)(CN)CCO)cc1F. The molecule has 90 valence electrons. The van der Waals surface area contributed by atoms with Gasteiger partial charge in [-0.05, 0) is 24.1 Å². The van der Waals surface area contributed by atoms with Gasteiger partial charge in [0.25, 0.3) is 0 Å². The van der Waals surface area contributed by atoms with E-state index in [1.54, 1.807) is 12.1 Å². The molecule has 0 aliphatic rings. The van der Waals surface area contributed by atoms with Crippen LogP contribution in [0.15, 0.2) is 18.2 Å². The molecule has 3 N–H and O–H groups in total. The first-order valence-corrected chi connectivity index (χ1v) is 5.22. The number of aliphatic hydroxyl groups is 1. The molecule has 1 rings (SSSR count). The lowest BCUT2D eigenvalue weighted by atomic mass is 9.80. The molecular formula is C12H18FNO2. The molecule has 0 saturated carbocycles. The largest absolute Gasteiger partial charge is 0.494 e. The summed E-state index contributed by atoms with van der Waals surface area (Å²) in [6.07, 6.45) is 0.509. The quantitative estimate of drug-likeness (QED) is 0.800. The van der Waals surface area contributed by atoms with Crippen LogP contribution in [0.25, 0.3) is 0 Å². The monoisotopic (exact) mass is 227 g/mol. The number of rotatable bonds is 5. The van der Waals surface area contributed by atoms with Gasteiger partial charge in [0.05, 0.1) is 7.11 Å². The number of aliphatic hydroxyl groups excluding tert-OH is 1. The minimum absolute atomic E-state index is 0.0291. The predicted molar refractivity (Wildman–Crippen MR) is 61.1 cm³/mol. The van der Waals surface area contributed by atoms with Gasteiger partial charge < -0.3 is 15.6 Å². The molecule has 0 saturated heterocycles. The smallest absolute Gasteiger partial charge is 0.165 e. The van der Waals surface area contributed by atoms with Crippen molar-refractivity contribution in [3.63, 3.8) is 0 Å². The maximum Gasteiger partial charge on any atom is 0.165 e. The standard InChI is InChI=1S/C12H18FNO2/c1-12(8-14,5-6-15)9-3-4-11(16-2)10(13)7-9/h3-4,7,15H,5-6,8,14H2,1-2H3. The Hall–Kier alpha value is -1.13. The second kappa shape index (κ2) is 5.27. The summed E-state index contributed by atoms with van der Waals surface area (Å²) in [5.41, 5.74) is 6.06. The fourth-order valence-electron chi connectivity index (χ4n) is 1.65. The van der Waals surface area contributed by atoms with Crippen molar-refractivity contribution in [1.29, 1.82) is 0 Å². The summed E-state index contributed by atoms with van der Waals surface area (Å²) in [5, 5.41) is 8.99. The molecular weight excluding hydrogens is 209 g/mol. The number of methoxy groups -OCH3 is 1. The topological polar surface area (TPSA) is 55.5 Å². The number of nitrogens with two attached hydrogens (primary N) is 1. The van der Waals surface area contributed by atoms with E-state index in [0.717, 1.165) is 5.56 Å². The van der Waals surface area contributed by atoms with Crippen LogP contribution in [0.2, 0.25) is 0 Å². The van der Waals surface area contributed by atoms with Crippen LogP contribution in [0.4, 0.5) is 4.39 Å². The first kappa shape index (κ1) is 12.9.